The quantitative estimate of drug-likeness (QED) is 0.377. The summed E-state index contributed by atoms with van der Waals surface area (Å²) in [5, 5.41) is 15.1. The fourth-order valence-corrected chi connectivity index (χ4v) is 5.17. The summed E-state index contributed by atoms with van der Waals surface area (Å²) in [4.78, 5) is 34.0. The molecule has 7 heteroatoms. The number of aromatic nitrogens is 2. The number of nitrogens with zero attached hydrogens (tertiary/aromatic N) is 2. The molecule has 0 bridgehead atoms. The largest absolute Gasteiger partial charge is 0.481 e. The molecule has 198 valence electrons. The van der Waals surface area contributed by atoms with Crippen molar-refractivity contribution in [3.8, 4) is 0 Å². The Morgan fingerprint density at radius 1 is 1.08 bits per heavy atom. The number of rotatable bonds is 9. The van der Waals surface area contributed by atoms with Crippen LogP contribution in [0.4, 0.5) is 0 Å². The number of amides is 1. The highest BCUT2D eigenvalue weighted by Crippen LogP contribution is 2.30. The van der Waals surface area contributed by atoms with Crippen molar-refractivity contribution in [3.05, 3.63) is 105 Å². The van der Waals surface area contributed by atoms with Gasteiger partial charge in [0.15, 0.2) is 0 Å². The van der Waals surface area contributed by atoms with E-state index in [-0.39, 0.29) is 18.2 Å². The molecule has 5 rings (SSSR count). The zero-order valence-electron chi connectivity index (χ0n) is 21.6. The predicted molar refractivity (Wildman–Crippen MR) is 155 cm³/mol. The van der Waals surface area contributed by atoms with Crippen LogP contribution in [0.5, 0.6) is 0 Å². The molecule has 0 radical (unpaired) electrons. The average Bonchev–Trinajstić information content (AvgIpc) is 3.16. The number of nitrogens with one attached hydrogen (secondary N) is 1. The summed E-state index contributed by atoms with van der Waals surface area (Å²) in [7, 11) is 0. The number of unbranched alkanes of at least 4 members (excludes halogenated alkanes) is 1. The lowest BCUT2D eigenvalue weighted by Crippen LogP contribution is -2.32. The van der Waals surface area contributed by atoms with Crippen LogP contribution in [0.1, 0.15) is 59.8 Å². The minimum Gasteiger partial charge on any atom is -0.481 e. The van der Waals surface area contributed by atoms with Crippen molar-refractivity contribution in [1.82, 2.24) is 15.3 Å². The van der Waals surface area contributed by atoms with Crippen molar-refractivity contribution in [1.29, 1.82) is 0 Å². The number of hydrogen-bond acceptors (Lipinski definition) is 4. The molecular formula is C32H30ClN3O3. The van der Waals surface area contributed by atoms with Crippen LogP contribution in [0.3, 0.4) is 0 Å². The Kier molecular flexibility index (Phi) is 8.33. The summed E-state index contributed by atoms with van der Waals surface area (Å²) < 4.78 is 0. The van der Waals surface area contributed by atoms with Gasteiger partial charge >= 0.3 is 5.97 Å². The second-order valence-electron chi connectivity index (χ2n) is 9.82. The third kappa shape index (κ3) is 6.52. The highest BCUT2D eigenvalue weighted by molar-refractivity contribution is 6.31. The molecule has 0 saturated heterocycles. The van der Waals surface area contributed by atoms with Gasteiger partial charge in [-0.1, -0.05) is 66.2 Å². The summed E-state index contributed by atoms with van der Waals surface area (Å²) in [5.74, 6) is -0.916. The first-order chi connectivity index (χ1) is 19.0. The molecular weight excluding hydrogens is 510 g/mol. The molecule has 1 atom stereocenters. The molecule has 1 heterocycles. The van der Waals surface area contributed by atoms with Crippen LogP contribution >= 0.6 is 11.6 Å². The Labute approximate surface area is 232 Å². The van der Waals surface area contributed by atoms with E-state index in [1.54, 1.807) is 12.1 Å². The fourth-order valence-electron chi connectivity index (χ4n) is 5.01. The van der Waals surface area contributed by atoms with Crippen molar-refractivity contribution in [3.63, 3.8) is 0 Å². The normalized spacial score (nSPS) is 16.3. The van der Waals surface area contributed by atoms with Gasteiger partial charge in [0.25, 0.3) is 5.91 Å². The number of halogens is 1. The molecule has 2 aliphatic rings. The Bertz CT molecular complexity index is 1640. The van der Waals surface area contributed by atoms with E-state index in [0.717, 1.165) is 45.8 Å². The number of benzene rings is 2. The molecule has 1 amide bonds. The first-order valence-corrected chi connectivity index (χ1v) is 13.6. The number of carbonyl (C=O) groups is 2. The lowest BCUT2D eigenvalue weighted by molar-refractivity contribution is -0.137. The number of carboxylic acids is 1. The number of allylic oxidation sites excluding steroid dienone is 6. The van der Waals surface area contributed by atoms with E-state index < -0.39 is 5.97 Å². The first kappa shape index (κ1) is 26.6. The highest BCUT2D eigenvalue weighted by atomic mass is 35.5. The van der Waals surface area contributed by atoms with Crippen molar-refractivity contribution >= 4 is 46.2 Å². The summed E-state index contributed by atoms with van der Waals surface area (Å²) in [6.07, 6.45) is 15.6. The minimum atomic E-state index is -0.801. The maximum absolute atomic E-state index is 13.2. The third-order valence-electron chi connectivity index (χ3n) is 7.07. The van der Waals surface area contributed by atoms with Crippen LogP contribution in [0.25, 0.3) is 22.7 Å². The number of aryl methyl sites for hydroxylation is 1. The molecule has 0 spiro atoms. The zero-order chi connectivity index (χ0) is 27.2. The van der Waals surface area contributed by atoms with Gasteiger partial charge < -0.3 is 10.4 Å². The Balaban J connectivity index is 1.39. The van der Waals surface area contributed by atoms with E-state index >= 15 is 0 Å². The summed E-state index contributed by atoms with van der Waals surface area (Å²) in [5.41, 5.74) is 4.77. The van der Waals surface area contributed by atoms with Gasteiger partial charge in [-0.25, -0.2) is 9.97 Å². The Morgan fingerprint density at radius 2 is 1.95 bits per heavy atom. The number of carboxylic acid groups (broad SMARTS) is 1. The van der Waals surface area contributed by atoms with Crippen molar-refractivity contribution in [2.45, 2.75) is 44.4 Å². The van der Waals surface area contributed by atoms with E-state index in [2.05, 4.69) is 35.7 Å². The van der Waals surface area contributed by atoms with Crippen LogP contribution in [-0.4, -0.2) is 33.5 Å². The van der Waals surface area contributed by atoms with Crippen LogP contribution in [0.15, 0.2) is 77.9 Å². The number of aliphatic carboxylic acids is 1. The topological polar surface area (TPSA) is 92.2 Å². The fraction of sp³-hybridized carbons (Fsp3) is 0.250. The van der Waals surface area contributed by atoms with Gasteiger partial charge in [-0.15, -0.1) is 0 Å². The SMILES string of the molecule is O=C(O)CCCCc1nc2cc(C(=O)NCC3=c4ccccc4=CC=CC3)ccc2nc1C1C=CC(Cl)=CC1. The standard InChI is InChI=1S/C32H30ClN3O3/c33-25-16-13-22(14-17-25)31-28(11-5-6-12-30(37)38)35-29-19-23(15-18-27(29)36-31)32(39)34-20-24-9-2-1-7-21-8-3-4-10-26(21)24/h1-4,7-8,10,13,15-19,22H,5-6,9,11-12,14,20H2,(H,34,39)(H,37,38). The first-order valence-electron chi connectivity index (χ1n) is 13.3. The monoisotopic (exact) mass is 539 g/mol. The van der Waals surface area contributed by atoms with Gasteiger partial charge in [-0.2, -0.15) is 0 Å². The van der Waals surface area contributed by atoms with Gasteiger partial charge in [0, 0.05) is 29.5 Å². The second kappa shape index (κ2) is 12.2. The Morgan fingerprint density at radius 3 is 2.77 bits per heavy atom. The molecule has 39 heavy (non-hydrogen) atoms. The molecule has 1 unspecified atom stereocenters. The summed E-state index contributed by atoms with van der Waals surface area (Å²) >= 11 is 6.13. The minimum absolute atomic E-state index is 0.0487. The van der Waals surface area contributed by atoms with Crippen LogP contribution < -0.4 is 15.8 Å². The number of carbonyl (C=O) groups excluding carboxylic acids is 1. The molecule has 0 aliphatic heterocycles. The van der Waals surface area contributed by atoms with E-state index in [0.29, 0.717) is 41.9 Å². The van der Waals surface area contributed by atoms with Crippen LogP contribution in [0.2, 0.25) is 0 Å². The molecule has 2 N–H and O–H groups in total. The second-order valence-corrected chi connectivity index (χ2v) is 10.3. The van der Waals surface area contributed by atoms with Crippen molar-refractivity contribution in [2.24, 2.45) is 0 Å². The lowest BCUT2D eigenvalue weighted by Gasteiger charge is -2.18. The predicted octanol–water partition coefficient (Wildman–Crippen LogP) is 4.91. The van der Waals surface area contributed by atoms with Gasteiger partial charge in [-0.3, -0.25) is 9.59 Å². The molecule has 3 aromatic rings. The smallest absolute Gasteiger partial charge is 0.303 e. The molecule has 2 aliphatic carbocycles. The van der Waals surface area contributed by atoms with E-state index in [4.69, 9.17) is 26.7 Å². The highest BCUT2D eigenvalue weighted by Gasteiger charge is 2.19. The van der Waals surface area contributed by atoms with Gasteiger partial charge in [-0.05, 0) is 72.4 Å². The van der Waals surface area contributed by atoms with Gasteiger partial charge in [0.2, 0.25) is 0 Å². The molecule has 1 aromatic heterocycles. The third-order valence-corrected chi connectivity index (χ3v) is 7.35. The number of hydrogen-bond donors (Lipinski definition) is 2. The van der Waals surface area contributed by atoms with Gasteiger partial charge in [0.05, 0.1) is 22.4 Å². The maximum atomic E-state index is 13.2. The van der Waals surface area contributed by atoms with E-state index in [1.807, 2.05) is 36.4 Å². The van der Waals surface area contributed by atoms with Gasteiger partial charge in [0.1, 0.15) is 0 Å². The van der Waals surface area contributed by atoms with Crippen LogP contribution in [0, 0.1) is 0 Å². The maximum Gasteiger partial charge on any atom is 0.303 e. The van der Waals surface area contributed by atoms with E-state index in [1.165, 1.54) is 0 Å². The molecule has 0 fully saturated rings. The summed E-state index contributed by atoms with van der Waals surface area (Å²) in [6, 6.07) is 13.6. The van der Waals surface area contributed by atoms with Crippen molar-refractivity contribution in [2.75, 3.05) is 6.54 Å². The van der Waals surface area contributed by atoms with Crippen LogP contribution in [-0.2, 0) is 11.2 Å². The molecule has 2 aromatic carbocycles. The summed E-state index contributed by atoms with van der Waals surface area (Å²) in [6.45, 7) is 0.454. The van der Waals surface area contributed by atoms with Crippen molar-refractivity contribution < 1.29 is 14.7 Å². The Hall–Kier alpha value is -4.03. The molecule has 6 nitrogen and oxygen atoms in total. The zero-order valence-corrected chi connectivity index (χ0v) is 22.3. The average molecular weight is 540 g/mol. The lowest BCUT2D eigenvalue weighted by atomic mass is 9.93. The van der Waals surface area contributed by atoms with E-state index in [9.17, 15) is 9.59 Å². The molecule has 0 saturated carbocycles. The number of fused-ring (bicyclic) bond motifs is 2.